The molecule has 1 amide bonds. The summed E-state index contributed by atoms with van der Waals surface area (Å²) < 4.78 is 0. The number of amides is 1. The molecule has 0 bridgehead atoms. The Kier molecular flexibility index (Phi) is 2.63. The minimum atomic E-state index is -0.0345. The van der Waals surface area contributed by atoms with Crippen LogP contribution in [0.3, 0.4) is 0 Å². The van der Waals surface area contributed by atoms with Gasteiger partial charge in [-0.1, -0.05) is 6.08 Å². The van der Waals surface area contributed by atoms with Crippen molar-refractivity contribution in [2.24, 2.45) is 0 Å². The molecular formula is C9H13NO2. The lowest BCUT2D eigenvalue weighted by molar-refractivity contribution is -0.128. The van der Waals surface area contributed by atoms with Crippen molar-refractivity contribution in [1.29, 1.82) is 0 Å². The number of likely N-dealkylation sites (tertiary alicyclic amines) is 1. The van der Waals surface area contributed by atoms with Crippen molar-refractivity contribution in [3.63, 3.8) is 0 Å². The highest BCUT2D eigenvalue weighted by Crippen LogP contribution is 2.16. The molecule has 0 aromatic heterocycles. The first-order valence-corrected chi connectivity index (χ1v) is 4.14. The summed E-state index contributed by atoms with van der Waals surface area (Å²) in [5.41, 5.74) is 0.539. The van der Waals surface area contributed by atoms with Crippen molar-refractivity contribution in [3.05, 3.63) is 11.8 Å². The minimum Gasteiger partial charge on any atom is -0.309 e. The quantitative estimate of drug-likeness (QED) is 0.577. The predicted octanol–water partition coefficient (Wildman–Crippen LogP) is 1.10. The van der Waals surface area contributed by atoms with E-state index in [2.05, 4.69) is 0 Å². The van der Waals surface area contributed by atoms with Gasteiger partial charge in [-0.15, -0.1) is 0 Å². The van der Waals surface area contributed by atoms with Gasteiger partial charge in [-0.05, 0) is 13.3 Å². The van der Waals surface area contributed by atoms with Crippen LogP contribution in [-0.2, 0) is 9.59 Å². The van der Waals surface area contributed by atoms with Crippen LogP contribution in [0.1, 0.15) is 26.7 Å². The van der Waals surface area contributed by atoms with E-state index in [1.165, 1.54) is 6.92 Å². The Morgan fingerprint density at radius 2 is 2.25 bits per heavy atom. The third-order valence-electron chi connectivity index (χ3n) is 2.00. The molecule has 0 radical (unpaired) electrons. The number of ketones is 1. The number of rotatable bonds is 2. The van der Waals surface area contributed by atoms with Crippen LogP contribution >= 0.6 is 0 Å². The number of nitrogens with zero attached hydrogens (tertiary/aromatic N) is 1. The fourth-order valence-electron chi connectivity index (χ4n) is 1.45. The lowest BCUT2D eigenvalue weighted by Gasteiger charge is -2.16. The summed E-state index contributed by atoms with van der Waals surface area (Å²) in [7, 11) is 0. The van der Waals surface area contributed by atoms with Crippen molar-refractivity contribution in [2.45, 2.75) is 26.7 Å². The van der Waals surface area contributed by atoms with Crippen LogP contribution in [0.15, 0.2) is 11.8 Å². The maximum atomic E-state index is 11.2. The zero-order valence-electron chi connectivity index (χ0n) is 7.46. The Hall–Kier alpha value is -1.12. The van der Waals surface area contributed by atoms with Crippen LogP contribution in [0, 0.1) is 0 Å². The normalized spacial score (nSPS) is 18.7. The Bertz CT molecular complexity index is 243. The van der Waals surface area contributed by atoms with Gasteiger partial charge in [0, 0.05) is 19.9 Å². The molecule has 0 aliphatic carbocycles. The van der Waals surface area contributed by atoms with E-state index in [-0.39, 0.29) is 11.7 Å². The molecule has 0 aromatic rings. The van der Waals surface area contributed by atoms with Crippen molar-refractivity contribution >= 4 is 11.7 Å². The van der Waals surface area contributed by atoms with E-state index >= 15 is 0 Å². The first-order chi connectivity index (χ1) is 5.66. The largest absolute Gasteiger partial charge is 0.309 e. The highest BCUT2D eigenvalue weighted by Gasteiger charge is 2.24. The molecule has 0 saturated carbocycles. The van der Waals surface area contributed by atoms with E-state index in [0.29, 0.717) is 18.7 Å². The lowest BCUT2D eigenvalue weighted by Crippen LogP contribution is -2.27. The fourth-order valence-corrected chi connectivity index (χ4v) is 1.45. The molecule has 3 nitrogen and oxygen atoms in total. The first-order valence-electron chi connectivity index (χ1n) is 4.14. The molecule has 66 valence electrons. The number of hydrogen-bond donors (Lipinski definition) is 0. The van der Waals surface area contributed by atoms with Gasteiger partial charge in [-0.25, -0.2) is 0 Å². The average Bonchev–Trinajstić information content (AvgIpc) is 2.38. The monoisotopic (exact) mass is 167 g/mol. The highest BCUT2D eigenvalue weighted by atomic mass is 16.2. The third-order valence-corrected chi connectivity index (χ3v) is 2.00. The standard InChI is InChI=1S/C9H13NO2/c1-3-8(7(2)11)10-6-4-5-9(10)12/h3H,4-6H2,1-2H3/b8-3+. The van der Waals surface area contributed by atoms with Gasteiger partial charge in [0.15, 0.2) is 5.78 Å². The molecule has 1 aliphatic heterocycles. The molecule has 0 unspecified atom stereocenters. The summed E-state index contributed by atoms with van der Waals surface area (Å²) >= 11 is 0. The summed E-state index contributed by atoms with van der Waals surface area (Å²) in [5, 5.41) is 0. The molecule has 1 rings (SSSR count). The first kappa shape index (κ1) is 8.97. The van der Waals surface area contributed by atoms with E-state index < -0.39 is 0 Å². The Morgan fingerprint density at radius 3 is 2.58 bits per heavy atom. The predicted molar refractivity (Wildman–Crippen MR) is 45.4 cm³/mol. The zero-order chi connectivity index (χ0) is 9.14. The Balaban J connectivity index is 2.80. The molecule has 1 aliphatic rings. The number of allylic oxidation sites excluding steroid dienone is 2. The molecule has 0 spiro atoms. The number of hydrogen-bond acceptors (Lipinski definition) is 2. The molecule has 0 N–H and O–H groups in total. The second-order valence-corrected chi connectivity index (χ2v) is 2.88. The van der Waals surface area contributed by atoms with E-state index in [0.717, 1.165) is 6.42 Å². The van der Waals surface area contributed by atoms with Gasteiger partial charge in [-0.3, -0.25) is 9.59 Å². The maximum absolute atomic E-state index is 11.2. The van der Waals surface area contributed by atoms with Crippen LogP contribution in [-0.4, -0.2) is 23.1 Å². The molecule has 1 heterocycles. The molecule has 1 saturated heterocycles. The lowest BCUT2D eigenvalue weighted by atomic mass is 10.3. The molecule has 1 fully saturated rings. The van der Waals surface area contributed by atoms with Crippen molar-refractivity contribution in [2.75, 3.05) is 6.54 Å². The molecular weight excluding hydrogens is 154 g/mol. The average molecular weight is 167 g/mol. The van der Waals surface area contributed by atoms with Gasteiger partial charge in [0.1, 0.15) is 0 Å². The number of Topliss-reactive ketones (excluding diaryl/α,β-unsaturated/α-hetero) is 1. The fraction of sp³-hybridized carbons (Fsp3) is 0.556. The van der Waals surface area contributed by atoms with Crippen LogP contribution in [0.4, 0.5) is 0 Å². The van der Waals surface area contributed by atoms with E-state index in [1.807, 2.05) is 0 Å². The molecule has 3 heteroatoms. The van der Waals surface area contributed by atoms with Crippen molar-refractivity contribution in [3.8, 4) is 0 Å². The van der Waals surface area contributed by atoms with E-state index in [9.17, 15) is 9.59 Å². The van der Waals surface area contributed by atoms with E-state index in [4.69, 9.17) is 0 Å². The second-order valence-electron chi connectivity index (χ2n) is 2.88. The number of carbonyl (C=O) groups is 2. The molecule has 12 heavy (non-hydrogen) atoms. The summed E-state index contributed by atoms with van der Waals surface area (Å²) in [6, 6.07) is 0. The second kappa shape index (κ2) is 3.52. The van der Waals surface area contributed by atoms with Gasteiger partial charge >= 0.3 is 0 Å². The van der Waals surface area contributed by atoms with Crippen LogP contribution in [0.2, 0.25) is 0 Å². The van der Waals surface area contributed by atoms with Gasteiger partial charge in [0.2, 0.25) is 5.91 Å². The Labute approximate surface area is 72.0 Å². The maximum Gasteiger partial charge on any atom is 0.227 e. The van der Waals surface area contributed by atoms with E-state index in [1.54, 1.807) is 17.9 Å². The molecule has 0 aromatic carbocycles. The van der Waals surface area contributed by atoms with Gasteiger partial charge in [0.05, 0.1) is 5.70 Å². The van der Waals surface area contributed by atoms with Gasteiger partial charge in [-0.2, -0.15) is 0 Å². The number of carbonyl (C=O) groups excluding carboxylic acids is 2. The SMILES string of the molecule is C/C=C(\C(C)=O)N1CCCC1=O. The van der Waals surface area contributed by atoms with Gasteiger partial charge < -0.3 is 4.90 Å². The third kappa shape index (κ3) is 1.55. The van der Waals surface area contributed by atoms with Crippen LogP contribution < -0.4 is 0 Å². The summed E-state index contributed by atoms with van der Waals surface area (Å²) in [5.74, 6) is 0.0334. The summed E-state index contributed by atoms with van der Waals surface area (Å²) in [4.78, 5) is 23.8. The topological polar surface area (TPSA) is 37.4 Å². The van der Waals surface area contributed by atoms with Gasteiger partial charge in [0.25, 0.3) is 0 Å². The van der Waals surface area contributed by atoms with Crippen LogP contribution in [0.5, 0.6) is 0 Å². The van der Waals surface area contributed by atoms with Crippen LogP contribution in [0.25, 0.3) is 0 Å². The molecule has 0 atom stereocenters. The minimum absolute atomic E-state index is 0.0345. The van der Waals surface area contributed by atoms with Crippen molar-refractivity contribution in [1.82, 2.24) is 4.90 Å². The summed E-state index contributed by atoms with van der Waals surface area (Å²) in [6.07, 6.45) is 3.14. The Morgan fingerprint density at radius 1 is 1.58 bits per heavy atom. The zero-order valence-corrected chi connectivity index (χ0v) is 7.46. The van der Waals surface area contributed by atoms with Crippen molar-refractivity contribution < 1.29 is 9.59 Å². The summed E-state index contributed by atoms with van der Waals surface area (Å²) in [6.45, 7) is 3.96. The highest BCUT2D eigenvalue weighted by molar-refractivity contribution is 5.97. The smallest absolute Gasteiger partial charge is 0.227 e.